The van der Waals surface area contributed by atoms with Crippen LogP contribution in [0.25, 0.3) is 187 Å². The van der Waals surface area contributed by atoms with E-state index in [1.807, 2.05) is 183 Å². The number of aromatic nitrogens is 12. The third-order valence-corrected chi connectivity index (χ3v) is 25.7. The Kier molecular flexibility index (Phi) is 19.8. The lowest BCUT2D eigenvalue weighted by Gasteiger charge is -2.32. The Labute approximate surface area is 725 Å². The largest absolute Gasteiger partial charge is 0.494 e. The van der Waals surface area contributed by atoms with E-state index in [0.717, 1.165) is 197 Å². The Balaban J connectivity index is 0.000000112. The van der Waals surface area contributed by atoms with Gasteiger partial charge in [-0.05, 0) is 232 Å². The number of nitrogens with zero attached hydrogens (tertiary/aromatic N) is 12. The highest BCUT2D eigenvalue weighted by molar-refractivity contribution is 9.10. The zero-order chi connectivity index (χ0) is 85.2. The van der Waals surface area contributed by atoms with Crippen LogP contribution in [0, 0.1) is 0 Å². The summed E-state index contributed by atoms with van der Waals surface area (Å²) in [6.07, 6.45) is 9.13. The molecule has 0 unspecified atom stereocenters. The third kappa shape index (κ3) is 14.9. The van der Waals surface area contributed by atoms with Crippen molar-refractivity contribution in [1.82, 2.24) is 59.8 Å². The van der Waals surface area contributed by atoms with E-state index >= 15 is 0 Å². The number of fused-ring (bicyclic) bond motifs is 16. The van der Waals surface area contributed by atoms with Crippen molar-refractivity contribution in [3.63, 3.8) is 0 Å². The van der Waals surface area contributed by atoms with E-state index in [9.17, 15) is 0 Å². The van der Waals surface area contributed by atoms with Crippen molar-refractivity contribution >= 4 is 173 Å². The second-order valence-corrected chi connectivity index (χ2v) is 35.8. The molecule has 3 fully saturated rings. The molecule has 15 heterocycles. The van der Waals surface area contributed by atoms with Crippen molar-refractivity contribution in [2.45, 2.75) is 117 Å². The van der Waals surface area contributed by atoms with Crippen LogP contribution in [0.2, 0.25) is 0 Å². The van der Waals surface area contributed by atoms with E-state index in [4.69, 9.17) is 62.8 Å². The highest BCUT2D eigenvalue weighted by Crippen LogP contribution is 2.44. The molecule has 0 N–H and O–H groups in total. The zero-order valence-electron chi connectivity index (χ0n) is 70.6. The van der Waals surface area contributed by atoms with Gasteiger partial charge in [-0.15, -0.1) is 0 Å². The molecule has 8 aromatic carbocycles. The predicted molar refractivity (Wildman–Crippen MR) is 506 cm³/mol. The molecule has 23 rings (SSSR count). The van der Waals surface area contributed by atoms with Gasteiger partial charge in [0.05, 0.1) is 140 Å². The molecule has 0 bridgehead atoms. The first kappa shape index (κ1) is 79.6. The minimum absolute atomic E-state index is 0.360. The van der Waals surface area contributed by atoms with Gasteiger partial charge in [-0.2, -0.15) is 0 Å². The molecule has 0 spiro atoms. The third-order valence-electron chi connectivity index (χ3n) is 25.2. The molecule has 3 aliphatic rings. The molecule has 604 valence electrons. The minimum Gasteiger partial charge on any atom is -0.405 e. The standard InChI is InChI=1S/C42H24N6.C27H24BN3O2.C21H12BrN3.C12H24B2O4/c1-3-25-5-7-27-9-17-37(47-41(27)39(25)43-21-1)35-19-13-31-23-29(11-15-33(31)45-35)30-12-16-34-32(24-30)14-20-36(46-34)38-18-10-28-8-6-26-4-2-22-44-40(26)42(28)48-38;1-26(2)27(3,4)33-28(32-26)20-9-12-22-18(14-20)8-10-23(31-22)19-15-21-24(30-16-19)11-7-17-6-5-13-29-25(17)21;22-16-7-10-17-15(12-16)6-9-18(24-17)19-8-5-14-4-3-13-2-1-11-23-20(13)21(14)25-19;1-9(2)10(3,4)16-13(15-9)14-17-11(5,6)12(7,8)18-14/h1-24H;5-16H,1-4H3;1-12H;1-8H3. The van der Waals surface area contributed by atoms with Crippen molar-refractivity contribution in [1.29, 1.82) is 0 Å². The molecule has 3 saturated heterocycles. The minimum atomic E-state index is -0.476. The molecular weight excluding hydrogens is 1600 g/mol. The van der Waals surface area contributed by atoms with Crippen LogP contribution in [-0.4, -0.2) is 115 Å². The fourth-order valence-corrected chi connectivity index (χ4v) is 16.4. The van der Waals surface area contributed by atoms with Crippen LogP contribution < -0.4 is 5.46 Å². The van der Waals surface area contributed by atoms with E-state index in [0.29, 0.717) is 0 Å². The second kappa shape index (κ2) is 30.9. The summed E-state index contributed by atoms with van der Waals surface area (Å²) in [4.78, 5) is 57.5. The summed E-state index contributed by atoms with van der Waals surface area (Å²) < 4.78 is 37.3. The van der Waals surface area contributed by atoms with Gasteiger partial charge in [0, 0.05) is 100 Å². The molecule has 18 nitrogen and oxygen atoms in total. The van der Waals surface area contributed by atoms with E-state index < -0.39 is 14.0 Å². The van der Waals surface area contributed by atoms with Crippen LogP contribution >= 0.6 is 15.9 Å². The van der Waals surface area contributed by atoms with Crippen molar-refractivity contribution in [2.24, 2.45) is 0 Å². The number of hydrogen-bond acceptors (Lipinski definition) is 18. The molecule has 0 amide bonds. The van der Waals surface area contributed by atoms with E-state index in [2.05, 4.69) is 232 Å². The molecule has 0 atom stereocenters. The first-order chi connectivity index (χ1) is 59.7. The van der Waals surface area contributed by atoms with Gasteiger partial charge in [-0.25, -0.2) is 34.9 Å². The number of rotatable bonds is 7. The molecule has 22 heteroatoms. The van der Waals surface area contributed by atoms with Crippen LogP contribution in [0.15, 0.2) is 296 Å². The molecule has 0 saturated carbocycles. The average molecular weight is 1690 g/mol. The summed E-state index contributed by atoms with van der Waals surface area (Å²) in [5.41, 5.74) is 19.0. The van der Waals surface area contributed by atoms with Gasteiger partial charge in [0.25, 0.3) is 0 Å². The fourth-order valence-electron chi connectivity index (χ4n) is 16.0. The molecule has 124 heavy (non-hydrogen) atoms. The maximum Gasteiger partial charge on any atom is 0.494 e. The van der Waals surface area contributed by atoms with Crippen LogP contribution in [0.5, 0.6) is 0 Å². The summed E-state index contributed by atoms with van der Waals surface area (Å²) in [5.74, 6) is 0. The smallest absolute Gasteiger partial charge is 0.405 e. The summed E-state index contributed by atoms with van der Waals surface area (Å²) in [6, 6.07) is 88.8. The molecule has 0 radical (unpaired) electrons. The normalized spacial score (nSPS) is 16.1. The number of benzene rings is 8. The van der Waals surface area contributed by atoms with Crippen LogP contribution in [0.1, 0.15) is 83.1 Å². The number of halogens is 1. The van der Waals surface area contributed by atoms with Crippen molar-refractivity contribution < 1.29 is 27.9 Å². The van der Waals surface area contributed by atoms with E-state index in [-0.39, 0.29) is 40.7 Å². The molecule has 12 aromatic heterocycles. The summed E-state index contributed by atoms with van der Waals surface area (Å²) >= 11 is 3.50. The second-order valence-electron chi connectivity index (χ2n) is 34.9. The molecule has 3 aliphatic heterocycles. The molecular formula is C102H84B3BrN12O6. The first-order valence-corrected chi connectivity index (χ1v) is 42.4. The predicted octanol–water partition coefficient (Wildman–Crippen LogP) is 23.3. The SMILES string of the molecule is Brc1ccc2nc(-c3ccc4ccc5cccnc5c4n3)ccc2c1.CC1(C)OB(B2OC(C)(C)C(C)(C)O2)OC1(C)C.CC1(C)OB(c2ccc3nc(-c4cnc5ccc6cccnc6c5c4)ccc3c2)OC1(C)C.c1cnc2c(c1)ccc1ccc(-c3ccc4cc(-c5ccc6nc(-c7ccc8ccc9cccnc9c8n7)ccc6c5)ccc4n3)nc12. The monoisotopic (exact) mass is 1680 g/mol. The summed E-state index contributed by atoms with van der Waals surface area (Å²) in [6.45, 7) is 24.5. The Bertz CT molecular complexity index is 7430. The fraction of sp³-hybridized carbons (Fsp3) is 0.176. The Morgan fingerprint density at radius 1 is 0.234 bits per heavy atom. The van der Waals surface area contributed by atoms with E-state index in [1.54, 1.807) is 0 Å². The van der Waals surface area contributed by atoms with Gasteiger partial charge in [0.2, 0.25) is 0 Å². The highest BCUT2D eigenvalue weighted by Gasteiger charge is 2.64. The number of pyridine rings is 12. The summed E-state index contributed by atoms with van der Waals surface area (Å²) in [7, 11) is -1.34. The van der Waals surface area contributed by atoms with E-state index in [1.165, 1.54) is 0 Å². The van der Waals surface area contributed by atoms with Gasteiger partial charge in [0.15, 0.2) is 0 Å². The van der Waals surface area contributed by atoms with Gasteiger partial charge < -0.3 is 27.9 Å². The molecule has 0 aliphatic carbocycles. The average Bonchev–Trinajstić information content (AvgIpc) is 1.64. The zero-order valence-corrected chi connectivity index (χ0v) is 72.2. The van der Waals surface area contributed by atoms with Gasteiger partial charge in [-0.3, -0.25) is 24.9 Å². The maximum absolute atomic E-state index is 6.21. The lowest BCUT2D eigenvalue weighted by Crippen LogP contribution is -2.41. The van der Waals surface area contributed by atoms with Crippen molar-refractivity contribution in [3.05, 3.63) is 296 Å². The van der Waals surface area contributed by atoms with Crippen molar-refractivity contribution in [2.75, 3.05) is 0 Å². The number of hydrogen-bond donors (Lipinski definition) is 0. The lowest BCUT2D eigenvalue weighted by atomic mass is 9.49. The quantitative estimate of drug-likeness (QED) is 0.107. The molecule has 20 aromatic rings. The van der Waals surface area contributed by atoms with Crippen molar-refractivity contribution in [3.8, 4) is 56.5 Å². The Morgan fingerprint density at radius 3 is 0.952 bits per heavy atom. The van der Waals surface area contributed by atoms with Crippen LogP contribution in [0.4, 0.5) is 0 Å². The Morgan fingerprint density at radius 2 is 0.532 bits per heavy atom. The maximum atomic E-state index is 6.21. The van der Waals surface area contributed by atoms with Gasteiger partial charge in [0.1, 0.15) is 0 Å². The lowest BCUT2D eigenvalue weighted by molar-refractivity contribution is 0.00578. The van der Waals surface area contributed by atoms with Crippen LogP contribution in [-0.2, 0) is 27.9 Å². The summed E-state index contributed by atoms with van der Waals surface area (Å²) in [5, 5.41) is 12.9. The first-order valence-electron chi connectivity index (χ1n) is 41.6. The topological polar surface area (TPSA) is 210 Å². The highest BCUT2D eigenvalue weighted by atomic mass is 79.9. The Hall–Kier alpha value is -12.9. The van der Waals surface area contributed by atoms with Gasteiger partial charge >= 0.3 is 21.1 Å². The van der Waals surface area contributed by atoms with Gasteiger partial charge in [-0.1, -0.05) is 149 Å². The van der Waals surface area contributed by atoms with Crippen LogP contribution in [0.3, 0.4) is 0 Å².